The van der Waals surface area contributed by atoms with Gasteiger partial charge in [0.05, 0.1) is 16.9 Å². The molecule has 0 amide bonds. The second-order valence-corrected chi connectivity index (χ2v) is 11.7. The minimum Gasteiger partial charge on any atom is -0.488 e. The number of imidazole rings is 1. The van der Waals surface area contributed by atoms with Crippen molar-refractivity contribution in [1.29, 1.82) is 0 Å². The van der Waals surface area contributed by atoms with E-state index in [4.69, 9.17) is 9.72 Å². The van der Waals surface area contributed by atoms with Crippen molar-refractivity contribution in [3.63, 3.8) is 0 Å². The van der Waals surface area contributed by atoms with Crippen LogP contribution >= 0.6 is 11.3 Å². The number of aromatic carboxylic acids is 1. The number of hydrogen-bond acceptors (Lipinski definition) is 7. The summed E-state index contributed by atoms with van der Waals surface area (Å²) >= 11 is 1.77. The standard InChI is InChI=1S/C32H31N5O3S/c1-20-6-4-7-26(27-8-5-9-28(35-27)31-34-16-29(32(38)39)36(31)3)30(20)40-19-22-10-11-24-17-37(13-12-23(24)14-22)18-25-15-33-21(2)41-25/h4-11,14-16H,12-13,17-19H2,1-3H3,(H,38,39). The van der Waals surface area contributed by atoms with Crippen LogP contribution in [0.2, 0.25) is 0 Å². The Labute approximate surface area is 242 Å². The summed E-state index contributed by atoms with van der Waals surface area (Å²) in [5.74, 6) is 0.253. The second kappa shape index (κ2) is 11.3. The van der Waals surface area contributed by atoms with E-state index in [1.54, 1.807) is 18.4 Å². The third-order valence-electron chi connectivity index (χ3n) is 7.47. The smallest absolute Gasteiger partial charge is 0.354 e. The number of benzene rings is 2. The van der Waals surface area contributed by atoms with Crippen LogP contribution in [0.4, 0.5) is 0 Å². The zero-order valence-electron chi connectivity index (χ0n) is 23.3. The molecule has 9 heteroatoms. The molecule has 0 bridgehead atoms. The number of carbonyl (C=O) groups is 1. The Morgan fingerprint density at radius 1 is 1.02 bits per heavy atom. The van der Waals surface area contributed by atoms with E-state index in [9.17, 15) is 9.90 Å². The number of aromatic nitrogens is 4. The molecule has 1 aliphatic rings. The molecule has 0 saturated carbocycles. The van der Waals surface area contributed by atoms with Gasteiger partial charge in [0, 0.05) is 43.3 Å². The number of thiazole rings is 1. The first-order valence-electron chi connectivity index (χ1n) is 13.6. The highest BCUT2D eigenvalue weighted by atomic mass is 32.1. The molecule has 6 rings (SSSR count). The summed E-state index contributed by atoms with van der Waals surface area (Å²) < 4.78 is 7.99. The van der Waals surface area contributed by atoms with Gasteiger partial charge in [0.25, 0.3) is 0 Å². The van der Waals surface area contributed by atoms with Crippen LogP contribution in [0, 0.1) is 13.8 Å². The van der Waals surface area contributed by atoms with Crippen molar-refractivity contribution in [2.45, 2.75) is 40.0 Å². The first kappa shape index (κ1) is 26.9. The van der Waals surface area contributed by atoms with Gasteiger partial charge in [-0.2, -0.15) is 0 Å². The molecule has 5 aromatic rings. The van der Waals surface area contributed by atoms with Crippen molar-refractivity contribution < 1.29 is 14.6 Å². The highest BCUT2D eigenvalue weighted by Gasteiger charge is 2.19. The van der Waals surface area contributed by atoms with Crippen molar-refractivity contribution in [2.75, 3.05) is 6.54 Å². The van der Waals surface area contributed by atoms with Gasteiger partial charge >= 0.3 is 5.97 Å². The van der Waals surface area contributed by atoms with E-state index < -0.39 is 5.97 Å². The van der Waals surface area contributed by atoms with Gasteiger partial charge in [-0.15, -0.1) is 11.3 Å². The molecule has 1 N–H and O–H groups in total. The lowest BCUT2D eigenvalue weighted by molar-refractivity contribution is 0.0686. The maximum atomic E-state index is 11.5. The van der Waals surface area contributed by atoms with E-state index in [0.29, 0.717) is 18.1 Å². The Morgan fingerprint density at radius 2 is 1.85 bits per heavy atom. The van der Waals surface area contributed by atoms with Gasteiger partial charge in [-0.1, -0.05) is 36.4 Å². The zero-order valence-corrected chi connectivity index (χ0v) is 24.1. The van der Waals surface area contributed by atoms with Gasteiger partial charge in [-0.3, -0.25) is 4.90 Å². The maximum absolute atomic E-state index is 11.5. The molecule has 8 nitrogen and oxygen atoms in total. The molecule has 0 radical (unpaired) electrons. The Hall–Kier alpha value is -4.34. The summed E-state index contributed by atoms with van der Waals surface area (Å²) in [7, 11) is 1.68. The molecule has 1 aliphatic heterocycles. The summed E-state index contributed by atoms with van der Waals surface area (Å²) in [5.41, 5.74) is 7.25. The van der Waals surface area contributed by atoms with Gasteiger partial charge in [-0.05, 0) is 60.7 Å². The van der Waals surface area contributed by atoms with Crippen LogP contribution in [-0.4, -0.2) is 42.0 Å². The number of fused-ring (bicyclic) bond motifs is 1. The van der Waals surface area contributed by atoms with Crippen molar-refractivity contribution in [3.8, 4) is 28.5 Å². The molecule has 0 unspecified atom stereocenters. The van der Waals surface area contributed by atoms with Crippen LogP contribution in [0.25, 0.3) is 22.8 Å². The van der Waals surface area contributed by atoms with E-state index in [0.717, 1.165) is 59.2 Å². The molecule has 208 valence electrons. The number of pyridine rings is 1. The molecule has 0 fully saturated rings. The van der Waals surface area contributed by atoms with E-state index in [1.165, 1.54) is 26.8 Å². The maximum Gasteiger partial charge on any atom is 0.354 e. The average Bonchev–Trinajstić information content (AvgIpc) is 3.56. The molecule has 41 heavy (non-hydrogen) atoms. The Bertz CT molecular complexity index is 1740. The fourth-order valence-electron chi connectivity index (χ4n) is 5.35. The van der Waals surface area contributed by atoms with Crippen LogP contribution in [0.3, 0.4) is 0 Å². The molecule has 3 aromatic heterocycles. The molecule has 0 saturated heterocycles. The Morgan fingerprint density at radius 3 is 2.63 bits per heavy atom. The predicted molar refractivity (Wildman–Crippen MR) is 159 cm³/mol. The number of nitrogens with zero attached hydrogens (tertiary/aromatic N) is 5. The van der Waals surface area contributed by atoms with Gasteiger partial charge < -0.3 is 14.4 Å². The quantitative estimate of drug-likeness (QED) is 0.245. The van der Waals surface area contributed by atoms with Gasteiger partial charge in [0.2, 0.25) is 0 Å². The Kier molecular flexibility index (Phi) is 7.38. The molecular formula is C32H31N5O3S. The fraction of sp³-hybridized carbons (Fsp3) is 0.250. The van der Waals surface area contributed by atoms with E-state index in [1.807, 2.05) is 49.5 Å². The van der Waals surface area contributed by atoms with Crippen molar-refractivity contribution in [2.24, 2.45) is 7.05 Å². The van der Waals surface area contributed by atoms with Crippen LogP contribution < -0.4 is 4.74 Å². The van der Waals surface area contributed by atoms with Crippen LogP contribution in [0.15, 0.2) is 67.0 Å². The molecule has 0 spiro atoms. The number of carboxylic acid groups (broad SMARTS) is 1. The normalized spacial score (nSPS) is 13.2. The van der Waals surface area contributed by atoms with Crippen molar-refractivity contribution in [1.82, 2.24) is 24.4 Å². The lowest BCUT2D eigenvalue weighted by Crippen LogP contribution is -2.29. The third-order valence-corrected chi connectivity index (χ3v) is 8.36. The molecule has 0 atom stereocenters. The number of ether oxygens (including phenoxy) is 1. The monoisotopic (exact) mass is 565 g/mol. The topological polar surface area (TPSA) is 93.4 Å². The number of hydrogen-bond donors (Lipinski definition) is 1. The molecule has 0 aliphatic carbocycles. The SMILES string of the molecule is Cc1ncc(CN2CCc3cc(COc4c(C)cccc4-c4cccc(-c5ncc(C(=O)O)n5C)n4)ccc3C2)s1. The number of carboxylic acids is 1. The van der Waals surface area contributed by atoms with E-state index in [-0.39, 0.29) is 5.69 Å². The minimum atomic E-state index is -1.03. The highest BCUT2D eigenvalue weighted by molar-refractivity contribution is 7.11. The second-order valence-electron chi connectivity index (χ2n) is 10.4. The fourth-order valence-corrected chi connectivity index (χ4v) is 6.18. The van der Waals surface area contributed by atoms with Gasteiger partial charge in [0.1, 0.15) is 23.7 Å². The molecular weight excluding hydrogens is 534 g/mol. The van der Waals surface area contributed by atoms with Crippen LogP contribution in [0.1, 0.15) is 42.6 Å². The summed E-state index contributed by atoms with van der Waals surface area (Å²) in [6, 6.07) is 18.4. The van der Waals surface area contributed by atoms with E-state index >= 15 is 0 Å². The molecule has 2 aromatic carbocycles. The van der Waals surface area contributed by atoms with E-state index in [2.05, 4.69) is 40.0 Å². The van der Waals surface area contributed by atoms with Gasteiger partial charge in [-0.25, -0.2) is 19.7 Å². The number of aryl methyl sites for hydroxylation is 2. The van der Waals surface area contributed by atoms with Crippen LogP contribution in [0.5, 0.6) is 5.75 Å². The van der Waals surface area contributed by atoms with Crippen LogP contribution in [-0.2, 0) is 33.2 Å². The summed E-state index contributed by atoms with van der Waals surface area (Å²) in [6.07, 6.45) is 4.37. The highest BCUT2D eigenvalue weighted by Crippen LogP contribution is 2.34. The summed E-state index contributed by atoms with van der Waals surface area (Å²) in [6.45, 7) is 7.46. The number of rotatable bonds is 8. The Balaban J connectivity index is 1.19. The largest absolute Gasteiger partial charge is 0.488 e. The zero-order chi connectivity index (χ0) is 28.5. The lowest BCUT2D eigenvalue weighted by Gasteiger charge is -2.28. The van der Waals surface area contributed by atoms with Crippen molar-refractivity contribution >= 4 is 17.3 Å². The average molecular weight is 566 g/mol. The minimum absolute atomic E-state index is 0.111. The third kappa shape index (κ3) is 5.64. The first-order chi connectivity index (χ1) is 19.9. The first-order valence-corrected chi connectivity index (χ1v) is 14.4. The number of para-hydroxylation sites is 1. The molecule has 4 heterocycles. The lowest BCUT2D eigenvalue weighted by atomic mass is 9.97. The van der Waals surface area contributed by atoms with Crippen molar-refractivity contribution in [3.05, 3.63) is 105 Å². The summed E-state index contributed by atoms with van der Waals surface area (Å²) in [5, 5.41) is 10.5. The summed E-state index contributed by atoms with van der Waals surface area (Å²) in [4.78, 5) is 28.8. The van der Waals surface area contributed by atoms with Gasteiger partial charge in [0.15, 0.2) is 5.82 Å². The predicted octanol–water partition coefficient (Wildman–Crippen LogP) is 6.06.